The molecule has 2 N–H and O–H groups in total. The van der Waals surface area contributed by atoms with Crippen molar-refractivity contribution in [3.8, 4) is 11.5 Å². The first-order valence-corrected chi connectivity index (χ1v) is 6.00. The second-order valence-corrected chi connectivity index (χ2v) is 4.30. The van der Waals surface area contributed by atoms with E-state index in [0.717, 1.165) is 6.07 Å². The minimum absolute atomic E-state index is 0.0351. The van der Waals surface area contributed by atoms with Gasteiger partial charge in [0.05, 0.1) is 9.95 Å². The maximum Gasteiger partial charge on any atom is 0.271 e. The number of nitro groups is 1. The van der Waals surface area contributed by atoms with E-state index in [-0.39, 0.29) is 34.3 Å². The smallest absolute Gasteiger partial charge is 0.271 e. The van der Waals surface area contributed by atoms with Crippen LogP contribution in [0.15, 0.2) is 36.4 Å². The lowest BCUT2D eigenvalue weighted by Crippen LogP contribution is -2.02. The second-order valence-electron chi connectivity index (χ2n) is 3.89. The van der Waals surface area contributed by atoms with E-state index in [1.54, 1.807) is 6.07 Å². The number of ether oxygens (including phenoxy) is 1. The molecule has 0 aromatic heterocycles. The highest BCUT2D eigenvalue weighted by atomic mass is 35.5. The number of nitrogens with two attached hydrogens (primary N) is 1. The molecule has 0 atom stereocenters. The molecule has 2 aromatic rings. The van der Waals surface area contributed by atoms with Gasteiger partial charge in [-0.2, -0.15) is 0 Å². The predicted molar refractivity (Wildman–Crippen MR) is 72.5 cm³/mol. The third-order valence-corrected chi connectivity index (χ3v) is 2.92. The molecule has 0 heterocycles. The first-order valence-electron chi connectivity index (χ1n) is 5.62. The maximum absolute atomic E-state index is 13.5. The number of nitro benzene ring substituents is 1. The molecule has 5 nitrogen and oxygen atoms in total. The number of non-ortho nitro benzene ring substituents is 1. The highest BCUT2D eigenvalue weighted by Gasteiger charge is 2.13. The predicted octanol–water partition coefficient (Wildman–Crippen LogP) is 3.64. The Kier molecular flexibility index (Phi) is 4.16. The molecule has 7 heteroatoms. The molecule has 104 valence electrons. The number of rotatable bonds is 4. The zero-order chi connectivity index (χ0) is 14.7. The minimum Gasteiger partial charge on any atom is -0.455 e. The molecule has 2 rings (SSSR count). The van der Waals surface area contributed by atoms with E-state index in [1.807, 2.05) is 0 Å². The van der Waals surface area contributed by atoms with Gasteiger partial charge in [-0.15, -0.1) is 0 Å². The summed E-state index contributed by atoms with van der Waals surface area (Å²) in [6.45, 7) is -0.0351. The van der Waals surface area contributed by atoms with Gasteiger partial charge in [-0.05, 0) is 18.2 Å². The van der Waals surface area contributed by atoms with E-state index in [1.165, 1.54) is 24.3 Å². The average Bonchev–Trinajstić information content (AvgIpc) is 2.41. The molecule has 20 heavy (non-hydrogen) atoms. The number of halogens is 2. The fraction of sp³-hybridized carbons (Fsp3) is 0.0769. The van der Waals surface area contributed by atoms with E-state index in [0.29, 0.717) is 0 Å². The van der Waals surface area contributed by atoms with Crippen LogP contribution in [0.1, 0.15) is 5.56 Å². The quantitative estimate of drug-likeness (QED) is 0.690. The van der Waals surface area contributed by atoms with Crippen LogP contribution in [0, 0.1) is 15.9 Å². The summed E-state index contributed by atoms with van der Waals surface area (Å²) >= 11 is 5.90. The van der Waals surface area contributed by atoms with Crippen molar-refractivity contribution in [2.24, 2.45) is 5.73 Å². The summed E-state index contributed by atoms with van der Waals surface area (Å²) < 4.78 is 19.0. The van der Waals surface area contributed by atoms with Crippen molar-refractivity contribution >= 4 is 17.3 Å². The normalized spacial score (nSPS) is 10.3. The highest BCUT2D eigenvalue weighted by molar-refractivity contribution is 6.32. The Morgan fingerprint density at radius 1 is 1.30 bits per heavy atom. The Bertz CT molecular complexity index is 664. The lowest BCUT2D eigenvalue weighted by molar-refractivity contribution is -0.384. The lowest BCUT2D eigenvalue weighted by atomic mass is 10.2. The highest BCUT2D eigenvalue weighted by Crippen LogP contribution is 2.34. The van der Waals surface area contributed by atoms with Crippen molar-refractivity contribution in [1.29, 1.82) is 0 Å². The summed E-state index contributed by atoms with van der Waals surface area (Å²) in [5.41, 5.74) is 5.52. The first-order chi connectivity index (χ1) is 9.52. The monoisotopic (exact) mass is 296 g/mol. The average molecular weight is 297 g/mol. The summed E-state index contributed by atoms with van der Waals surface area (Å²) in [6.07, 6.45) is 0. The Morgan fingerprint density at radius 3 is 2.65 bits per heavy atom. The van der Waals surface area contributed by atoms with Gasteiger partial charge in [-0.1, -0.05) is 17.7 Å². The van der Waals surface area contributed by atoms with Crippen LogP contribution in [0.5, 0.6) is 11.5 Å². The van der Waals surface area contributed by atoms with Crippen LogP contribution in [0.25, 0.3) is 0 Å². The summed E-state index contributed by atoms with van der Waals surface area (Å²) in [5, 5.41) is 10.7. The summed E-state index contributed by atoms with van der Waals surface area (Å²) in [4.78, 5) is 10.0. The van der Waals surface area contributed by atoms with Crippen LogP contribution >= 0.6 is 11.6 Å². The molecule has 0 amide bonds. The SMILES string of the molecule is NCc1c(F)cccc1Oc1ccc([N+](=O)[O-])cc1Cl. The third kappa shape index (κ3) is 2.87. The van der Waals surface area contributed by atoms with Gasteiger partial charge in [0.1, 0.15) is 17.3 Å². The Hall–Kier alpha value is -2.18. The van der Waals surface area contributed by atoms with Gasteiger partial charge in [0.15, 0.2) is 0 Å². The van der Waals surface area contributed by atoms with Gasteiger partial charge in [-0.3, -0.25) is 10.1 Å². The van der Waals surface area contributed by atoms with Crippen LogP contribution in [0.2, 0.25) is 5.02 Å². The first kappa shape index (κ1) is 14.2. The van der Waals surface area contributed by atoms with Crippen LogP contribution in [0.4, 0.5) is 10.1 Å². The molecular formula is C13H10ClFN2O3. The molecule has 0 radical (unpaired) electrons. The molecule has 0 aliphatic carbocycles. The van der Waals surface area contributed by atoms with Crippen molar-refractivity contribution in [1.82, 2.24) is 0 Å². The Morgan fingerprint density at radius 2 is 2.05 bits per heavy atom. The van der Waals surface area contributed by atoms with Crippen molar-refractivity contribution < 1.29 is 14.1 Å². The zero-order valence-electron chi connectivity index (χ0n) is 10.2. The Balaban J connectivity index is 2.36. The van der Waals surface area contributed by atoms with Gasteiger partial charge in [0, 0.05) is 24.2 Å². The van der Waals surface area contributed by atoms with E-state index >= 15 is 0 Å². The molecule has 0 fully saturated rings. The fourth-order valence-corrected chi connectivity index (χ4v) is 1.85. The molecule has 0 bridgehead atoms. The Labute approximate surface area is 118 Å². The van der Waals surface area contributed by atoms with E-state index in [2.05, 4.69) is 0 Å². The topological polar surface area (TPSA) is 78.4 Å². The van der Waals surface area contributed by atoms with Gasteiger partial charge >= 0.3 is 0 Å². The number of hydrogen-bond donors (Lipinski definition) is 1. The van der Waals surface area contributed by atoms with Crippen LogP contribution < -0.4 is 10.5 Å². The van der Waals surface area contributed by atoms with Gasteiger partial charge < -0.3 is 10.5 Å². The summed E-state index contributed by atoms with van der Waals surface area (Å²) in [6, 6.07) is 8.06. The third-order valence-electron chi connectivity index (χ3n) is 2.63. The maximum atomic E-state index is 13.5. The van der Waals surface area contributed by atoms with E-state index in [9.17, 15) is 14.5 Å². The molecule has 0 aliphatic rings. The summed E-state index contributed by atoms with van der Waals surface area (Å²) in [7, 11) is 0. The zero-order valence-corrected chi connectivity index (χ0v) is 10.9. The fourth-order valence-electron chi connectivity index (χ4n) is 1.64. The minimum atomic E-state index is -0.566. The van der Waals surface area contributed by atoms with Gasteiger partial charge in [0.2, 0.25) is 0 Å². The number of benzene rings is 2. The largest absolute Gasteiger partial charge is 0.455 e. The van der Waals surface area contributed by atoms with Crippen molar-refractivity contribution in [3.05, 3.63) is 62.9 Å². The standard InChI is InChI=1S/C13H10ClFN2O3/c14-10-6-8(17(18)19)4-5-13(10)20-12-3-1-2-11(15)9(12)7-16/h1-6H,7,16H2. The molecule has 0 saturated heterocycles. The lowest BCUT2D eigenvalue weighted by Gasteiger charge is -2.11. The number of hydrogen-bond acceptors (Lipinski definition) is 4. The van der Waals surface area contributed by atoms with Crippen LogP contribution in [-0.4, -0.2) is 4.92 Å². The van der Waals surface area contributed by atoms with Crippen LogP contribution in [-0.2, 0) is 6.54 Å². The second kappa shape index (κ2) is 5.85. The molecule has 0 unspecified atom stereocenters. The molecular weight excluding hydrogens is 287 g/mol. The molecule has 2 aromatic carbocycles. The molecule has 0 spiro atoms. The van der Waals surface area contributed by atoms with E-state index in [4.69, 9.17) is 22.1 Å². The van der Waals surface area contributed by atoms with E-state index < -0.39 is 10.7 Å². The van der Waals surface area contributed by atoms with Crippen molar-refractivity contribution in [3.63, 3.8) is 0 Å². The molecule has 0 aliphatic heterocycles. The van der Waals surface area contributed by atoms with Gasteiger partial charge in [0.25, 0.3) is 5.69 Å². The van der Waals surface area contributed by atoms with Crippen molar-refractivity contribution in [2.75, 3.05) is 0 Å². The molecule has 0 saturated carbocycles. The van der Waals surface area contributed by atoms with Gasteiger partial charge in [-0.25, -0.2) is 4.39 Å². The number of nitrogens with zero attached hydrogens (tertiary/aromatic N) is 1. The van der Waals surface area contributed by atoms with Crippen molar-refractivity contribution in [2.45, 2.75) is 6.54 Å². The van der Waals surface area contributed by atoms with Crippen LogP contribution in [0.3, 0.4) is 0 Å². The summed E-state index contributed by atoms with van der Waals surface area (Å²) in [5.74, 6) is -0.0659.